The van der Waals surface area contributed by atoms with Crippen LogP contribution in [0.2, 0.25) is 5.15 Å². The van der Waals surface area contributed by atoms with Gasteiger partial charge in [0, 0.05) is 45.2 Å². The Labute approximate surface area is 201 Å². The van der Waals surface area contributed by atoms with E-state index in [0.717, 1.165) is 51.1 Å². The van der Waals surface area contributed by atoms with Gasteiger partial charge in [0.1, 0.15) is 17.3 Å². The normalized spacial score (nSPS) is 21.2. The zero-order chi connectivity index (χ0) is 23.8. The number of pyridine rings is 1. The van der Waals surface area contributed by atoms with E-state index in [1.54, 1.807) is 19.2 Å². The molecule has 2 fully saturated rings. The molecule has 178 valence electrons. The summed E-state index contributed by atoms with van der Waals surface area (Å²) in [6.45, 7) is 3.43. The average molecular weight is 485 g/mol. The number of aromatic amines is 1. The topological polar surface area (TPSA) is 94.2 Å². The summed E-state index contributed by atoms with van der Waals surface area (Å²) >= 11 is 6.37. The Morgan fingerprint density at radius 3 is 2.68 bits per heavy atom. The van der Waals surface area contributed by atoms with Crippen LogP contribution >= 0.6 is 11.6 Å². The summed E-state index contributed by atoms with van der Waals surface area (Å²) in [6.07, 6.45) is 2.93. The smallest absolute Gasteiger partial charge is 0.269 e. The predicted molar refractivity (Wildman–Crippen MR) is 129 cm³/mol. The van der Waals surface area contributed by atoms with Gasteiger partial charge in [-0.1, -0.05) is 11.6 Å². The Bertz CT molecular complexity index is 1290. The summed E-state index contributed by atoms with van der Waals surface area (Å²) in [4.78, 5) is 40.7. The largest absolute Gasteiger partial charge is 0.366 e. The highest BCUT2D eigenvalue weighted by Gasteiger charge is 2.33. The quantitative estimate of drug-likeness (QED) is 0.553. The zero-order valence-electron chi connectivity index (χ0n) is 18.9. The number of hydrogen-bond acceptors (Lipinski definition) is 6. The predicted octanol–water partition coefficient (Wildman–Crippen LogP) is 2.93. The third kappa shape index (κ3) is 4.37. The second-order valence-electron chi connectivity index (χ2n) is 8.89. The fourth-order valence-electron chi connectivity index (χ4n) is 5.11. The van der Waals surface area contributed by atoms with Gasteiger partial charge in [0.2, 0.25) is 0 Å². The number of hydrogen-bond donors (Lipinski definition) is 2. The molecule has 2 aliphatic rings. The summed E-state index contributed by atoms with van der Waals surface area (Å²) < 4.78 is 13.5. The molecular weight excluding hydrogens is 459 g/mol. The van der Waals surface area contributed by atoms with Gasteiger partial charge in [0.25, 0.3) is 11.5 Å². The van der Waals surface area contributed by atoms with Gasteiger partial charge in [0.05, 0.1) is 16.6 Å². The minimum Gasteiger partial charge on any atom is -0.366 e. The van der Waals surface area contributed by atoms with Crippen molar-refractivity contribution in [2.75, 3.05) is 38.1 Å². The van der Waals surface area contributed by atoms with E-state index in [-0.39, 0.29) is 22.8 Å². The lowest BCUT2D eigenvalue weighted by atomic mass is 10.1. The van der Waals surface area contributed by atoms with Gasteiger partial charge >= 0.3 is 0 Å². The van der Waals surface area contributed by atoms with Crippen LogP contribution in [0.3, 0.4) is 0 Å². The number of anilines is 1. The molecule has 2 N–H and O–H groups in total. The lowest BCUT2D eigenvalue weighted by Crippen LogP contribution is -2.50. The number of fused-ring (bicyclic) bond motifs is 1. The Morgan fingerprint density at radius 2 is 1.94 bits per heavy atom. The van der Waals surface area contributed by atoms with E-state index in [9.17, 15) is 14.0 Å². The number of aromatic nitrogens is 3. The summed E-state index contributed by atoms with van der Waals surface area (Å²) in [5.41, 5.74) is 1.39. The fourth-order valence-corrected chi connectivity index (χ4v) is 5.38. The van der Waals surface area contributed by atoms with Crippen LogP contribution in [0.5, 0.6) is 0 Å². The van der Waals surface area contributed by atoms with Crippen LogP contribution in [0.4, 0.5) is 10.1 Å². The number of piperazine rings is 1. The second-order valence-corrected chi connectivity index (χ2v) is 9.24. The summed E-state index contributed by atoms with van der Waals surface area (Å²) in [6, 6.07) is 8.11. The number of H-pyrrole nitrogens is 1. The van der Waals surface area contributed by atoms with Gasteiger partial charge in [-0.25, -0.2) is 14.4 Å². The first-order valence-electron chi connectivity index (χ1n) is 11.5. The molecule has 0 bridgehead atoms. The SMILES string of the molecule is CNC(=O)c1ccc(N2CCN([C@H]3CC[C@@H](c4nc5ccc(F)cc5c(=O)[nH]4)C3)CC2)c(Cl)n1. The highest BCUT2D eigenvalue weighted by Crippen LogP contribution is 2.36. The molecule has 3 aromatic rings. The molecule has 2 atom stereocenters. The van der Waals surface area contributed by atoms with Crippen LogP contribution in [-0.4, -0.2) is 65.0 Å². The third-order valence-electron chi connectivity index (χ3n) is 6.94. The number of nitrogens with one attached hydrogen (secondary N) is 2. The van der Waals surface area contributed by atoms with Crippen LogP contribution < -0.4 is 15.8 Å². The Balaban J connectivity index is 1.22. The summed E-state index contributed by atoms with van der Waals surface area (Å²) in [5, 5.41) is 3.17. The van der Waals surface area contributed by atoms with E-state index in [2.05, 4.69) is 30.1 Å². The van der Waals surface area contributed by atoms with Crippen molar-refractivity contribution in [1.29, 1.82) is 0 Å². The molecule has 2 aromatic heterocycles. The van der Waals surface area contributed by atoms with Crippen molar-refractivity contribution in [2.45, 2.75) is 31.2 Å². The standard InChI is InChI=1S/C24H26ClFN6O2/c1-27-24(34)19-6-7-20(21(25)28-19)32-10-8-31(9-11-32)16-4-2-14(12-16)22-29-18-5-3-15(26)13-17(18)23(33)30-22/h3,5-7,13-14,16H,2,4,8-12H2,1H3,(H,27,34)(H,29,30,33)/t14-,16+/m1/s1. The van der Waals surface area contributed by atoms with E-state index < -0.39 is 5.82 Å². The molecule has 1 aliphatic heterocycles. The summed E-state index contributed by atoms with van der Waals surface area (Å²) in [5.74, 6) is 0.177. The molecule has 8 nitrogen and oxygen atoms in total. The first-order chi connectivity index (χ1) is 16.4. The first-order valence-corrected chi connectivity index (χ1v) is 11.9. The number of nitrogens with zero attached hydrogens (tertiary/aromatic N) is 4. The molecule has 1 aliphatic carbocycles. The lowest BCUT2D eigenvalue weighted by molar-refractivity contribution is 0.0958. The van der Waals surface area contributed by atoms with Crippen LogP contribution in [0, 0.1) is 5.82 Å². The molecule has 34 heavy (non-hydrogen) atoms. The van der Waals surface area contributed by atoms with Gasteiger partial charge in [-0.15, -0.1) is 0 Å². The molecule has 0 radical (unpaired) electrons. The van der Waals surface area contributed by atoms with E-state index in [0.29, 0.717) is 28.2 Å². The van der Waals surface area contributed by atoms with Crippen molar-refractivity contribution in [3.63, 3.8) is 0 Å². The van der Waals surface area contributed by atoms with E-state index >= 15 is 0 Å². The van der Waals surface area contributed by atoms with E-state index in [1.807, 2.05) is 6.07 Å². The third-order valence-corrected chi connectivity index (χ3v) is 7.22. The van der Waals surface area contributed by atoms with Crippen molar-refractivity contribution in [3.05, 3.63) is 63.2 Å². The Kier molecular flexibility index (Phi) is 6.22. The minimum absolute atomic E-state index is 0.182. The van der Waals surface area contributed by atoms with Crippen molar-refractivity contribution in [3.8, 4) is 0 Å². The van der Waals surface area contributed by atoms with Crippen LogP contribution in [0.1, 0.15) is 41.5 Å². The maximum Gasteiger partial charge on any atom is 0.269 e. The Morgan fingerprint density at radius 1 is 1.15 bits per heavy atom. The lowest BCUT2D eigenvalue weighted by Gasteiger charge is -2.39. The monoisotopic (exact) mass is 484 g/mol. The van der Waals surface area contributed by atoms with Gasteiger partial charge < -0.3 is 15.2 Å². The highest BCUT2D eigenvalue weighted by molar-refractivity contribution is 6.32. The highest BCUT2D eigenvalue weighted by atomic mass is 35.5. The van der Waals surface area contributed by atoms with E-state index in [1.165, 1.54) is 12.1 Å². The zero-order valence-corrected chi connectivity index (χ0v) is 19.6. The molecule has 1 saturated heterocycles. The Hall–Kier alpha value is -3.04. The number of benzene rings is 1. The number of carbonyl (C=O) groups excluding carboxylic acids is 1. The van der Waals surface area contributed by atoms with E-state index in [4.69, 9.17) is 11.6 Å². The van der Waals surface area contributed by atoms with Crippen LogP contribution in [-0.2, 0) is 0 Å². The van der Waals surface area contributed by atoms with Gasteiger partial charge in [-0.05, 0) is 49.6 Å². The van der Waals surface area contributed by atoms with Crippen molar-refractivity contribution in [2.24, 2.45) is 0 Å². The fraction of sp³-hybridized carbons (Fsp3) is 0.417. The molecule has 1 aromatic carbocycles. The van der Waals surface area contributed by atoms with Gasteiger partial charge in [-0.3, -0.25) is 14.5 Å². The number of amides is 1. The molecule has 0 spiro atoms. The molecule has 10 heteroatoms. The van der Waals surface area contributed by atoms with Crippen LogP contribution in [0.15, 0.2) is 35.1 Å². The molecule has 5 rings (SSSR count). The second kappa shape index (κ2) is 9.31. The molecule has 1 amide bonds. The molecule has 0 unspecified atom stereocenters. The molecule has 1 saturated carbocycles. The van der Waals surface area contributed by atoms with Gasteiger partial charge in [0.15, 0.2) is 5.15 Å². The number of carbonyl (C=O) groups is 1. The average Bonchev–Trinajstić information content (AvgIpc) is 3.34. The van der Waals surface area contributed by atoms with Crippen molar-refractivity contribution in [1.82, 2.24) is 25.2 Å². The summed E-state index contributed by atoms with van der Waals surface area (Å²) in [7, 11) is 1.56. The molecule has 3 heterocycles. The maximum atomic E-state index is 13.5. The number of rotatable bonds is 4. The van der Waals surface area contributed by atoms with Crippen molar-refractivity contribution < 1.29 is 9.18 Å². The molecular formula is C24H26ClFN6O2. The van der Waals surface area contributed by atoms with Crippen molar-refractivity contribution >= 4 is 34.1 Å². The first kappa shape index (κ1) is 22.7. The minimum atomic E-state index is -0.438. The maximum absolute atomic E-state index is 13.5. The van der Waals surface area contributed by atoms with Gasteiger partial charge in [-0.2, -0.15) is 0 Å². The van der Waals surface area contributed by atoms with Crippen LogP contribution in [0.25, 0.3) is 10.9 Å². The number of halogens is 2.